The predicted octanol–water partition coefficient (Wildman–Crippen LogP) is 4.90. The highest BCUT2D eigenvalue weighted by Crippen LogP contribution is 2.40. The van der Waals surface area contributed by atoms with Crippen molar-refractivity contribution >= 4 is 11.9 Å². The number of carbonyl (C=O) groups excluding carboxylic acids is 1. The van der Waals surface area contributed by atoms with E-state index in [1.54, 1.807) is 11.1 Å². The van der Waals surface area contributed by atoms with Crippen LogP contribution in [-0.4, -0.2) is 34.2 Å². The second-order valence-corrected chi connectivity index (χ2v) is 8.27. The molecule has 0 saturated carbocycles. The van der Waals surface area contributed by atoms with Crippen LogP contribution in [0.5, 0.6) is 0 Å². The molecular weight excluding hydrogens is 402 g/mol. The summed E-state index contributed by atoms with van der Waals surface area (Å²) in [4.78, 5) is 18.9. The molecule has 0 radical (unpaired) electrons. The van der Waals surface area contributed by atoms with Crippen LogP contribution in [0.3, 0.4) is 0 Å². The quantitative estimate of drug-likeness (QED) is 0.555. The van der Waals surface area contributed by atoms with Gasteiger partial charge in [-0.05, 0) is 54.2 Å². The monoisotopic (exact) mass is 431 g/mol. The number of hydrogen-bond donors (Lipinski definition) is 2. The number of carbonyl (C=O) groups is 1. The van der Waals surface area contributed by atoms with E-state index in [1.165, 1.54) is 0 Å². The van der Waals surface area contributed by atoms with Gasteiger partial charge in [-0.25, -0.2) is 9.78 Å². The number of aliphatic hydroxyl groups is 1. The number of nitrogens with two attached hydrogens (primary N) is 1. The number of anilines is 1. The fourth-order valence-corrected chi connectivity index (χ4v) is 4.41. The van der Waals surface area contributed by atoms with Crippen molar-refractivity contribution in [3.05, 3.63) is 84.1 Å². The maximum Gasteiger partial charge on any atom is 0.411 e. The molecule has 2 atom stereocenters. The lowest BCUT2D eigenvalue weighted by Gasteiger charge is -2.43. The zero-order valence-electron chi connectivity index (χ0n) is 18.3. The van der Waals surface area contributed by atoms with E-state index in [0.717, 1.165) is 22.3 Å². The number of cyclic esters (lactones) is 1. The van der Waals surface area contributed by atoms with Crippen molar-refractivity contribution in [2.45, 2.75) is 37.8 Å². The number of aliphatic hydroxyl groups excluding tert-OH is 1. The Kier molecular flexibility index (Phi) is 6.42. The maximum atomic E-state index is 13.1. The summed E-state index contributed by atoms with van der Waals surface area (Å²) in [7, 11) is 0. The molecule has 32 heavy (non-hydrogen) atoms. The summed E-state index contributed by atoms with van der Waals surface area (Å²) in [6.45, 7) is 2.68. The van der Waals surface area contributed by atoms with E-state index in [1.807, 2.05) is 73.7 Å². The van der Waals surface area contributed by atoms with Gasteiger partial charge in [0.15, 0.2) is 0 Å². The molecule has 0 spiro atoms. The molecule has 1 saturated heterocycles. The summed E-state index contributed by atoms with van der Waals surface area (Å²) in [5.41, 5.74) is 9.17. The number of rotatable bonds is 7. The second-order valence-electron chi connectivity index (χ2n) is 8.27. The number of hydrogen-bond acceptors (Lipinski definition) is 5. The largest absolute Gasteiger partial charge is 0.438 e. The van der Waals surface area contributed by atoms with E-state index in [0.29, 0.717) is 31.6 Å². The van der Waals surface area contributed by atoms with Gasteiger partial charge in [-0.15, -0.1) is 0 Å². The van der Waals surface area contributed by atoms with Crippen molar-refractivity contribution in [2.75, 3.05) is 18.9 Å². The van der Waals surface area contributed by atoms with E-state index in [4.69, 9.17) is 10.5 Å². The topological polar surface area (TPSA) is 88.7 Å². The normalized spacial score (nSPS) is 19.4. The molecule has 3 aromatic rings. The van der Waals surface area contributed by atoms with E-state index >= 15 is 0 Å². The van der Waals surface area contributed by atoms with Crippen LogP contribution in [0.1, 0.15) is 43.4 Å². The third kappa shape index (κ3) is 4.46. The third-order valence-corrected chi connectivity index (χ3v) is 6.29. The zero-order valence-corrected chi connectivity index (χ0v) is 18.3. The fraction of sp³-hybridized carbons (Fsp3) is 0.308. The van der Waals surface area contributed by atoms with Gasteiger partial charge in [-0.3, -0.25) is 0 Å². The molecule has 6 heteroatoms. The third-order valence-electron chi connectivity index (χ3n) is 6.29. The molecule has 0 aliphatic carbocycles. The minimum absolute atomic E-state index is 0.0712. The molecule has 1 fully saturated rings. The van der Waals surface area contributed by atoms with Crippen molar-refractivity contribution < 1.29 is 14.6 Å². The number of ether oxygens (including phenoxy) is 1. The Labute approximate surface area is 188 Å². The van der Waals surface area contributed by atoms with E-state index < -0.39 is 5.60 Å². The summed E-state index contributed by atoms with van der Waals surface area (Å²) in [5.74, 6) is 0.485. The van der Waals surface area contributed by atoms with Gasteiger partial charge in [0.05, 0.1) is 6.04 Å². The van der Waals surface area contributed by atoms with Crippen LogP contribution in [0, 0.1) is 0 Å². The lowest BCUT2D eigenvalue weighted by molar-refractivity contribution is -0.0680. The summed E-state index contributed by atoms with van der Waals surface area (Å²) in [6.07, 6.45) is 3.24. The van der Waals surface area contributed by atoms with Crippen LogP contribution in [0.4, 0.5) is 10.6 Å². The van der Waals surface area contributed by atoms with Crippen molar-refractivity contribution in [1.29, 1.82) is 0 Å². The average molecular weight is 432 g/mol. The summed E-state index contributed by atoms with van der Waals surface area (Å²) >= 11 is 0. The Morgan fingerprint density at radius 2 is 1.88 bits per heavy atom. The molecule has 1 unspecified atom stereocenters. The number of pyridine rings is 1. The van der Waals surface area contributed by atoms with Gasteiger partial charge in [0.2, 0.25) is 0 Å². The number of amides is 1. The molecule has 1 aromatic heterocycles. The van der Waals surface area contributed by atoms with E-state index in [9.17, 15) is 9.90 Å². The van der Waals surface area contributed by atoms with Crippen LogP contribution < -0.4 is 5.73 Å². The summed E-state index contributed by atoms with van der Waals surface area (Å²) < 4.78 is 6.08. The SMILES string of the molecule is CC(c1ccc(-c2ccnc(N)c2)cc1)N1CC[C@](CCCO)(c2ccccc2)OC1=O. The lowest BCUT2D eigenvalue weighted by Crippen LogP contribution is -2.48. The number of nitrogen functional groups attached to an aromatic ring is 1. The predicted molar refractivity (Wildman–Crippen MR) is 125 cm³/mol. The molecule has 1 aliphatic heterocycles. The Bertz CT molecular complexity index is 1060. The Morgan fingerprint density at radius 1 is 1.12 bits per heavy atom. The van der Waals surface area contributed by atoms with Gasteiger partial charge < -0.3 is 20.5 Å². The molecule has 6 nitrogen and oxygen atoms in total. The molecule has 166 valence electrons. The Morgan fingerprint density at radius 3 is 2.53 bits per heavy atom. The molecule has 2 heterocycles. The van der Waals surface area contributed by atoms with Crippen molar-refractivity contribution in [3.8, 4) is 11.1 Å². The van der Waals surface area contributed by atoms with Gasteiger partial charge in [0, 0.05) is 25.8 Å². The van der Waals surface area contributed by atoms with Gasteiger partial charge in [0.25, 0.3) is 0 Å². The number of aromatic nitrogens is 1. The smallest absolute Gasteiger partial charge is 0.411 e. The standard InChI is InChI=1S/C26H29N3O3/c1-19(20-8-10-21(11-9-20)22-12-15-28-24(27)18-22)29-16-14-26(13-5-17-30,32-25(29)31)23-6-3-2-4-7-23/h2-4,6-12,15,18-19,30H,5,13-14,16-17H2,1H3,(H2,27,28)/t19?,26-/m1/s1. The lowest BCUT2D eigenvalue weighted by atomic mass is 9.84. The Hall–Kier alpha value is -3.38. The van der Waals surface area contributed by atoms with Crippen molar-refractivity contribution in [2.24, 2.45) is 0 Å². The van der Waals surface area contributed by atoms with Crippen LogP contribution in [0.15, 0.2) is 72.9 Å². The van der Waals surface area contributed by atoms with E-state index in [2.05, 4.69) is 4.98 Å². The van der Waals surface area contributed by atoms with Crippen molar-refractivity contribution in [3.63, 3.8) is 0 Å². The summed E-state index contributed by atoms with van der Waals surface area (Å²) in [6, 6.07) is 21.6. The number of nitrogens with zero attached hydrogens (tertiary/aromatic N) is 2. The molecule has 1 aliphatic rings. The first-order valence-corrected chi connectivity index (χ1v) is 11.0. The van der Waals surface area contributed by atoms with Crippen LogP contribution in [-0.2, 0) is 10.3 Å². The van der Waals surface area contributed by atoms with Crippen LogP contribution >= 0.6 is 0 Å². The number of benzene rings is 2. The molecule has 2 aromatic carbocycles. The molecular formula is C26H29N3O3. The van der Waals surface area contributed by atoms with Crippen molar-refractivity contribution in [1.82, 2.24) is 9.88 Å². The highest BCUT2D eigenvalue weighted by atomic mass is 16.6. The van der Waals surface area contributed by atoms with Gasteiger partial charge in [-0.2, -0.15) is 0 Å². The van der Waals surface area contributed by atoms with Crippen LogP contribution in [0.2, 0.25) is 0 Å². The van der Waals surface area contributed by atoms with E-state index in [-0.39, 0.29) is 18.7 Å². The zero-order chi connectivity index (χ0) is 22.6. The van der Waals surface area contributed by atoms with Gasteiger partial charge in [0.1, 0.15) is 11.4 Å². The minimum Gasteiger partial charge on any atom is -0.438 e. The first kappa shape index (κ1) is 21.8. The van der Waals surface area contributed by atoms with Crippen LogP contribution in [0.25, 0.3) is 11.1 Å². The van der Waals surface area contributed by atoms with Gasteiger partial charge >= 0.3 is 6.09 Å². The first-order valence-electron chi connectivity index (χ1n) is 11.0. The Balaban J connectivity index is 1.51. The minimum atomic E-state index is -0.692. The highest BCUT2D eigenvalue weighted by molar-refractivity contribution is 5.70. The molecule has 0 bridgehead atoms. The average Bonchev–Trinajstić information content (AvgIpc) is 2.83. The first-order chi connectivity index (χ1) is 15.5. The summed E-state index contributed by atoms with van der Waals surface area (Å²) in [5, 5.41) is 9.37. The molecule has 3 N–H and O–H groups in total. The molecule has 1 amide bonds. The second kappa shape index (κ2) is 9.40. The highest BCUT2D eigenvalue weighted by Gasteiger charge is 2.43. The van der Waals surface area contributed by atoms with Gasteiger partial charge in [-0.1, -0.05) is 54.6 Å². The fourth-order valence-electron chi connectivity index (χ4n) is 4.41. The maximum absolute atomic E-state index is 13.1. The molecule has 4 rings (SSSR count).